The van der Waals surface area contributed by atoms with Crippen LogP contribution in [-0.4, -0.2) is 32.2 Å². The zero-order chi connectivity index (χ0) is 26.9. The van der Waals surface area contributed by atoms with Crippen molar-refractivity contribution >= 4 is 28.9 Å². The molecule has 37 heavy (non-hydrogen) atoms. The average Bonchev–Trinajstić information content (AvgIpc) is 3.35. The predicted molar refractivity (Wildman–Crippen MR) is 145 cm³/mol. The Hall–Kier alpha value is -3.60. The Morgan fingerprint density at radius 3 is 2.41 bits per heavy atom. The second-order valence-electron chi connectivity index (χ2n) is 10.7. The van der Waals surface area contributed by atoms with Gasteiger partial charge >= 0.3 is 5.97 Å². The number of hydrogen-bond donors (Lipinski definition) is 1. The minimum absolute atomic E-state index is 0.00278. The number of fused-ring (bicyclic) bond motifs is 1. The number of aryl methyl sites for hydroxylation is 2. The van der Waals surface area contributed by atoms with E-state index in [1.165, 1.54) is 0 Å². The van der Waals surface area contributed by atoms with Crippen molar-refractivity contribution in [3.63, 3.8) is 0 Å². The molecule has 1 aliphatic rings. The standard InChI is InChI=1S/C29H37N5O3/c1-8-9-10-23(35)31-22-13-11-21(12-14-22)27-32-33(7)28-25(30-6)24(20(5)34(27)28)29(36)37-26-18(3)15-17(2)16-19(26)4/h11-14,17-19,26H,8-10,15-16H2,1-5,7H3,(H,31,35). The third-order valence-corrected chi connectivity index (χ3v) is 7.53. The molecule has 1 aromatic carbocycles. The molecule has 8 nitrogen and oxygen atoms in total. The van der Waals surface area contributed by atoms with Gasteiger partial charge in [0.15, 0.2) is 5.82 Å². The number of nitrogens with one attached hydrogen (secondary N) is 1. The van der Waals surface area contributed by atoms with E-state index in [1.807, 2.05) is 35.6 Å². The summed E-state index contributed by atoms with van der Waals surface area (Å²) in [5.41, 5.74) is 3.29. The van der Waals surface area contributed by atoms with Gasteiger partial charge in [-0.15, -0.1) is 0 Å². The first-order valence-corrected chi connectivity index (χ1v) is 13.2. The lowest BCUT2D eigenvalue weighted by Gasteiger charge is -2.37. The molecule has 0 saturated heterocycles. The normalized spacial score (nSPS) is 21.5. The summed E-state index contributed by atoms with van der Waals surface area (Å²) in [6.45, 7) is 18.3. The summed E-state index contributed by atoms with van der Waals surface area (Å²) in [4.78, 5) is 29.3. The largest absolute Gasteiger partial charge is 0.459 e. The predicted octanol–water partition coefficient (Wildman–Crippen LogP) is 6.56. The molecule has 1 saturated carbocycles. The molecule has 4 rings (SSSR count). The summed E-state index contributed by atoms with van der Waals surface area (Å²) in [5.74, 6) is 1.33. The smallest absolute Gasteiger partial charge is 0.329 e. The fourth-order valence-electron chi connectivity index (χ4n) is 5.86. The van der Waals surface area contributed by atoms with Gasteiger partial charge in [-0.2, -0.15) is 5.10 Å². The zero-order valence-corrected chi connectivity index (χ0v) is 22.7. The topological polar surface area (TPSA) is 82.0 Å². The number of amides is 1. The minimum atomic E-state index is -0.443. The van der Waals surface area contributed by atoms with Gasteiger partial charge in [-0.3, -0.25) is 13.9 Å². The zero-order valence-electron chi connectivity index (χ0n) is 22.7. The van der Waals surface area contributed by atoms with Crippen LogP contribution in [0, 0.1) is 31.2 Å². The number of carbonyl (C=O) groups is 2. The van der Waals surface area contributed by atoms with Crippen LogP contribution in [0.15, 0.2) is 24.3 Å². The van der Waals surface area contributed by atoms with E-state index in [4.69, 9.17) is 11.3 Å². The van der Waals surface area contributed by atoms with E-state index in [2.05, 4.69) is 43.0 Å². The number of benzene rings is 1. The number of esters is 1. The van der Waals surface area contributed by atoms with Gasteiger partial charge in [0.1, 0.15) is 11.8 Å². The van der Waals surface area contributed by atoms with Gasteiger partial charge in [0.25, 0.3) is 0 Å². The Morgan fingerprint density at radius 2 is 1.81 bits per heavy atom. The summed E-state index contributed by atoms with van der Waals surface area (Å²) in [6, 6.07) is 7.46. The Kier molecular flexibility index (Phi) is 7.72. The van der Waals surface area contributed by atoms with Crippen molar-refractivity contribution in [3.8, 4) is 11.4 Å². The van der Waals surface area contributed by atoms with Crippen molar-refractivity contribution < 1.29 is 14.3 Å². The molecule has 0 radical (unpaired) electrons. The third kappa shape index (κ3) is 5.13. The maximum atomic E-state index is 13.5. The van der Waals surface area contributed by atoms with Gasteiger partial charge in [0.2, 0.25) is 11.6 Å². The first kappa shape index (κ1) is 26.5. The van der Waals surface area contributed by atoms with Crippen molar-refractivity contribution in [2.24, 2.45) is 24.8 Å². The average molecular weight is 504 g/mol. The van der Waals surface area contributed by atoms with Crippen molar-refractivity contribution in [3.05, 3.63) is 46.9 Å². The van der Waals surface area contributed by atoms with Crippen LogP contribution in [-0.2, 0) is 16.6 Å². The number of ether oxygens (including phenoxy) is 1. The number of anilines is 1. The van der Waals surface area contributed by atoms with E-state index in [0.29, 0.717) is 35.1 Å². The second-order valence-corrected chi connectivity index (χ2v) is 10.7. The van der Waals surface area contributed by atoms with Crippen LogP contribution in [0.4, 0.5) is 11.4 Å². The first-order valence-electron chi connectivity index (χ1n) is 13.2. The van der Waals surface area contributed by atoms with Crippen LogP contribution in [0.2, 0.25) is 0 Å². The van der Waals surface area contributed by atoms with Gasteiger partial charge in [-0.25, -0.2) is 9.64 Å². The number of hydrogen-bond acceptors (Lipinski definition) is 4. The quantitative estimate of drug-likeness (QED) is 0.293. The summed E-state index contributed by atoms with van der Waals surface area (Å²) < 4.78 is 9.57. The molecule has 1 aliphatic carbocycles. The Labute approximate surface area is 218 Å². The highest BCUT2D eigenvalue weighted by Gasteiger charge is 2.36. The SMILES string of the molecule is [C-]#[N+]c1c(C(=O)OC2C(C)CC(C)CC2C)c(C)n2c(-c3ccc(NC(=O)CCCC)cc3)nn(C)c12. The number of carbonyl (C=O) groups excluding carboxylic acids is 2. The molecule has 8 heteroatoms. The van der Waals surface area contributed by atoms with Gasteiger partial charge in [0, 0.05) is 30.4 Å². The van der Waals surface area contributed by atoms with Crippen molar-refractivity contribution in [2.75, 3.05) is 5.32 Å². The number of unbranched alkanes of at least 4 members (excludes halogenated alkanes) is 1. The van der Waals surface area contributed by atoms with Crippen LogP contribution in [0.25, 0.3) is 21.9 Å². The molecule has 1 fully saturated rings. The van der Waals surface area contributed by atoms with E-state index >= 15 is 0 Å². The second kappa shape index (κ2) is 10.8. The fourth-order valence-corrected chi connectivity index (χ4v) is 5.86. The number of nitrogens with zero attached hydrogens (tertiary/aromatic N) is 4. The molecule has 1 amide bonds. The fraction of sp³-hybridized carbons (Fsp3) is 0.517. The van der Waals surface area contributed by atoms with Gasteiger partial charge in [-0.05, 0) is 68.2 Å². The summed E-state index contributed by atoms with van der Waals surface area (Å²) >= 11 is 0. The van der Waals surface area contributed by atoms with Crippen LogP contribution >= 0.6 is 0 Å². The highest BCUT2D eigenvalue weighted by atomic mass is 16.5. The van der Waals surface area contributed by atoms with Crippen molar-refractivity contribution in [1.82, 2.24) is 14.2 Å². The van der Waals surface area contributed by atoms with Crippen LogP contribution in [0.3, 0.4) is 0 Å². The monoisotopic (exact) mass is 503 g/mol. The molecule has 0 bridgehead atoms. The Morgan fingerprint density at radius 1 is 1.16 bits per heavy atom. The van der Waals surface area contributed by atoms with Gasteiger partial charge in [-0.1, -0.05) is 34.1 Å². The van der Waals surface area contributed by atoms with Crippen molar-refractivity contribution in [1.29, 1.82) is 0 Å². The van der Waals surface area contributed by atoms with Crippen molar-refractivity contribution in [2.45, 2.75) is 72.8 Å². The minimum Gasteiger partial charge on any atom is -0.459 e. The molecule has 3 aromatic rings. The van der Waals surface area contributed by atoms with E-state index in [1.54, 1.807) is 11.7 Å². The summed E-state index contributed by atoms with van der Waals surface area (Å²) in [7, 11) is 1.77. The molecule has 2 heterocycles. The molecule has 196 valence electrons. The third-order valence-electron chi connectivity index (χ3n) is 7.53. The molecular formula is C29H37N5O3. The Bertz CT molecular complexity index is 1330. The number of rotatable bonds is 7. The van der Waals surface area contributed by atoms with E-state index in [9.17, 15) is 9.59 Å². The molecule has 1 N–H and O–H groups in total. The highest BCUT2D eigenvalue weighted by molar-refractivity contribution is 6.02. The van der Waals surface area contributed by atoms with E-state index in [-0.39, 0.29) is 29.5 Å². The lowest BCUT2D eigenvalue weighted by Crippen LogP contribution is -2.37. The lowest BCUT2D eigenvalue weighted by molar-refractivity contribution is -0.116. The van der Waals surface area contributed by atoms with Gasteiger partial charge < -0.3 is 10.1 Å². The van der Waals surface area contributed by atoms with E-state index < -0.39 is 5.97 Å². The maximum absolute atomic E-state index is 13.5. The Balaban J connectivity index is 1.67. The van der Waals surface area contributed by atoms with E-state index in [0.717, 1.165) is 36.9 Å². The molecular weight excluding hydrogens is 466 g/mol. The number of aromatic nitrogens is 3. The van der Waals surface area contributed by atoms with Crippen LogP contribution < -0.4 is 5.32 Å². The molecule has 2 unspecified atom stereocenters. The van der Waals surface area contributed by atoms with Gasteiger partial charge in [0.05, 0.1) is 12.1 Å². The maximum Gasteiger partial charge on any atom is 0.329 e. The summed E-state index contributed by atoms with van der Waals surface area (Å²) in [6.07, 6.45) is 4.21. The van der Waals surface area contributed by atoms with Crippen LogP contribution in [0.5, 0.6) is 0 Å². The molecule has 0 aliphatic heterocycles. The lowest BCUT2D eigenvalue weighted by atomic mass is 9.75. The first-order chi connectivity index (χ1) is 17.7. The molecule has 0 spiro atoms. The molecule has 2 aromatic heterocycles. The summed E-state index contributed by atoms with van der Waals surface area (Å²) in [5, 5.41) is 7.59. The highest BCUT2D eigenvalue weighted by Crippen LogP contribution is 2.39. The van der Waals surface area contributed by atoms with Crippen LogP contribution in [0.1, 0.15) is 75.9 Å². The molecule has 2 atom stereocenters.